The zero-order valence-electron chi connectivity index (χ0n) is 9.03. The van der Waals surface area contributed by atoms with Gasteiger partial charge in [-0.1, -0.05) is 0 Å². The molecule has 1 heterocycles. The molecular weight excluding hydrogens is 252 g/mol. The Morgan fingerprint density at radius 1 is 1.12 bits per heavy atom. The van der Waals surface area contributed by atoms with Crippen molar-refractivity contribution in [2.45, 2.75) is 24.8 Å². The molecule has 0 spiro atoms. The van der Waals surface area contributed by atoms with E-state index in [2.05, 4.69) is 5.32 Å². The van der Waals surface area contributed by atoms with Crippen molar-refractivity contribution in [3.8, 4) is 0 Å². The molecule has 1 saturated heterocycles. The lowest BCUT2D eigenvalue weighted by Gasteiger charge is -2.33. The highest BCUT2D eigenvalue weighted by Gasteiger charge is 2.61. The first kappa shape index (κ1) is 14.6. The average molecular weight is 265 g/mol. The van der Waals surface area contributed by atoms with Crippen molar-refractivity contribution in [2.75, 3.05) is 20.3 Å². The first-order valence-electron chi connectivity index (χ1n) is 5.06. The van der Waals surface area contributed by atoms with Crippen LogP contribution in [0, 0.1) is 11.8 Å². The second-order valence-electron chi connectivity index (χ2n) is 4.00. The Hall–Kier alpha value is -0.500. The predicted octanol–water partition coefficient (Wildman–Crippen LogP) is 2.35. The molecule has 17 heavy (non-hydrogen) atoms. The van der Waals surface area contributed by atoms with Crippen LogP contribution in [0.2, 0.25) is 0 Å². The smallest absolute Gasteiger partial charge is 0.381 e. The Morgan fingerprint density at radius 2 is 1.65 bits per heavy atom. The third-order valence-electron chi connectivity index (χ3n) is 2.87. The van der Waals surface area contributed by atoms with E-state index in [9.17, 15) is 26.3 Å². The van der Waals surface area contributed by atoms with Gasteiger partial charge < -0.3 is 10.1 Å². The van der Waals surface area contributed by atoms with Gasteiger partial charge in [0, 0.05) is 18.6 Å². The van der Waals surface area contributed by atoms with Gasteiger partial charge in [-0.15, -0.1) is 0 Å². The van der Waals surface area contributed by atoms with Gasteiger partial charge in [0.2, 0.25) is 0 Å². The maximum Gasteiger partial charge on any atom is 0.402 e. The molecule has 8 heteroatoms. The summed E-state index contributed by atoms with van der Waals surface area (Å²) in [5.41, 5.74) is 0. The molecule has 1 aliphatic heterocycles. The van der Waals surface area contributed by atoms with Crippen LogP contribution in [0.3, 0.4) is 0 Å². The minimum atomic E-state index is -5.31. The van der Waals surface area contributed by atoms with Crippen LogP contribution in [0.5, 0.6) is 0 Å². The van der Waals surface area contributed by atoms with Gasteiger partial charge in [0.05, 0.1) is 6.61 Å². The molecule has 0 aliphatic carbocycles. The van der Waals surface area contributed by atoms with E-state index in [-0.39, 0.29) is 19.6 Å². The first-order chi connectivity index (χ1) is 7.68. The van der Waals surface area contributed by atoms with Crippen molar-refractivity contribution < 1.29 is 31.1 Å². The van der Waals surface area contributed by atoms with E-state index in [0.29, 0.717) is 0 Å². The number of halogens is 6. The molecule has 2 unspecified atom stereocenters. The van der Waals surface area contributed by atoms with Crippen LogP contribution in [0.15, 0.2) is 0 Å². The molecule has 0 aromatic carbocycles. The average Bonchev–Trinajstić information content (AvgIpc) is 2.61. The van der Waals surface area contributed by atoms with E-state index < -0.39 is 30.2 Å². The van der Waals surface area contributed by atoms with E-state index >= 15 is 0 Å². The van der Waals surface area contributed by atoms with Crippen LogP contribution in [-0.2, 0) is 4.74 Å². The van der Waals surface area contributed by atoms with Gasteiger partial charge in [0.25, 0.3) is 0 Å². The van der Waals surface area contributed by atoms with Gasteiger partial charge in [0.1, 0.15) is 0 Å². The van der Waals surface area contributed by atoms with Crippen molar-refractivity contribution >= 4 is 0 Å². The van der Waals surface area contributed by atoms with Crippen LogP contribution in [-0.4, -0.2) is 38.7 Å². The number of ether oxygens (including phenoxy) is 1. The van der Waals surface area contributed by atoms with Crippen molar-refractivity contribution in [2.24, 2.45) is 11.8 Å². The summed E-state index contributed by atoms with van der Waals surface area (Å²) in [5, 5.41) is 2.14. The van der Waals surface area contributed by atoms with Gasteiger partial charge >= 0.3 is 12.4 Å². The maximum absolute atomic E-state index is 12.5. The number of rotatable bonds is 3. The van der Waals surface area contributed by atoms with Gasteiger partial charge in [-0.2, -0.15) is 26.3 Å². The molecule has 1 fully saturated rings. The molecule has 1 N–H and O–H groups in total. The minimum absolute atomic E-state index is 0.0752. The lowest BCUT2D eigenvalue weighted by molar-refractivity contribution is -0.294. The lowest BCUT2D eigenvalue weighted by Crippen LogP contribution is -2.53. The third-order valence-corrected chi connectivity index (χ3v) is 2.87. The van der Waals surface area contributed by atoms with Crippen molar-refractivity contribution in [1.29, 1.82) is 0 Å². The van der Waals surface area contributed by atoms with Crippen LogP contribution < -0.4 is 5.32 Å². The Balaban J connectivity index is 2.94. The molecule has 0 aromatic rings. The van der Waals surface area contributed by atoms with E-state index in [4.69, 9.17) is 4.74 Å². The molecule has 0 amide bonds. The molecular formula is C9H13F6NO. The number of nitrogens with one attached hydrogen (secondary N) is 1. The van der Waals surface area contributed by atoms with Crippen LogP contribution in [0.25, 0.3) is 0 Å². The molecule has 2 atom stereocenters. The van der Waals surface area contributed by atoms with E-state index in [1.807, 2.05) is 0 Å². The van der Waals surface area contributed by atoms with Crippen LogP contribution in [0.1, 0.15) is 6.42 Å². The van der Waals surface area contributed by atoms with Crippen molar-refractivity contribution in [3.05, 3.63) is 0 Å². The molecule has 0 radical (unpaired) electrons. The number of hydrogen-bond donors (Lipinski definition) is 1. The maximum atomic E-state index is 12.5. The highest BCUT2D eigenvalue weighted by Crippen LogP contribution is 2.44. The minimum Gasteiger partial charge on any atom is -0.381 e. The van der Waals surface area contributed by atoms with Gasteiger partial charge in [-0.05, 0) is 13.5 Å². The monoisotopic (exact) mass is 265 g/mol. The fourth-order valence-corrected chi connectivity index (χ4v) is 2.10. The highest BCUT2D eigenvalue weighted by atomic mass is 19.4. The quantitative estimate of drug-likeness (QED) is 0.791. The highest BCUT2D eigenvalue weighted by molar-refractivity contribution is 4.91. The summed E-state index contributed by atoms with van der Waals surface area (Å²) in [7, 11) is 1.10. The summed E-state index contributed by atoms with van der Waals surface area (Å²) < 4.78 is 79.9. The topological polar surface area (TPSA) is 21.3 Å². The Kier molecular flexibility index (Phi) is 4.29. The predicted molar refractivity (Wildman–Crippen MR) is 47.4 cm³/mol. The second-order valence-corrected chi connectivity index (χ2v) is 4.00. The standard InChI is InChI=1S/C9H13F6NO/c1-16-6(5-2-3-17-4-5)7(8(10,11)12)9(13,14)15/h5-7,16H,2-4H2,1H3. The van der Waals surface area contributed by atoms with Crippen molar-refractivity contribution in [3.63, 3.8) is 0 Å². The Morgan fingerprint density at radius 3 is 1.94 bits per heavy atom. The molecule has 1 rings (SSSR count). The van der Waals surface area contributed by atoms with Crippen LogP contribution in [0.4, 0.5) is 26.3 Å². The number of alkyl halides is 6. The summed E-state index contributed by atoms with van der Waals surface area (Å²) in [6.45, 7) is 0.124. The fourth-order valence-electron chi connectivity index (χ4n) is 2.10. The van der Waals surface area contributed by atoms with Gasteiger partial charge in [0.15, 0.2) is 5.92 Å². The Bertz CT molecular complexity index is 231. The zero-order valence-corrected chi connectivity index (χ0v) is 9.03. The molecule has 0 bridgehead atoms. The van der Waals surface area contributed by atoms with Gasteiger partial charge in [-0.25, -0.2) is 0 Å². The van der Waals surface area contributed by atoms with Gasteiger partial charge in [-0.3, -0.25) is 0 Å². The molecule has 0 saturated carbocycles. The summed E-state index contributed by atoms with van der Waals surface area (Å²) in [6.07, 6.45) is -10.4. The molecule has 2 nitrogen and oxygen atoms in total. The summed E-state index contributed by atoms with van der Waals surface area (Å²) >= 11 is 0. The summed E-state index contributed by atoms with van der Waals surface area (Å²) in [6, 6.07) is -1.70. The molecule has 1 aliphatic rings. The first-order valence-corrected chi connectivity index (χ1v) is 5.06. The van der Waals surface area contributed by atoms with Crippen molar-refractivity contribution in [1.82, 2.24) is 5.32 Å². The van der Waals surface area contributed by atoms with Crippen LogP contribution >= 0.6 is 0 Å². The third kappa shape index (κ3) is 3.48. The SMILES string of the molecule is CNC(C1CCOC1)C(C(F)(F)F)C(F)(F)F. The molecule has 0 aromatic heterocycles. The normalized spacial score (nSPS) is 24.4. The second kappa shape index (κ2) is 5.01. The fraction of sp³-hybridized carbons (Fsp3) is 1.00. The zero-order chi connectivity index (χ0) is 13.3. The number of hydrogen-bond acceptors (Lipinski definition) is 2. The van der Waals surface area contributed by atoms with E-state index in [1.165, 1.54) is 0 Å². The van der Waals surface area contributed by atoms with E-state index in [0.717, 1.165) is 7.05 Å². The summed E-state index contributed by atoms with van der Waals surface area (Å²) in [5.74, 6) is -4.13. The summed E-state index contributed by atoms with van der Waals surface area (Å²) in [4.78, 5) is 0. The van der Waals surface area contributed by atoms with E-state index in [1.54, 1.807) is 0 Å². The largest absolute Gasteiger partial charge is 0.402 e. The molecule has 102 valence electrons. The Labute approximate surface area is 94.3 Å². The lowest BCUT2D eigenvalue weighted by atomic mass is 9.86.